The number of thioether (sulfide) groups is 1. The highest BCUT2D eigenvalue weighted by Gasteiger charge is 2.35. The third kappa shape index (κ3) is 24.8. The van der Waals surface area contributed by atoms with Crippen molar-refractivity contribution in [2.45, 2.75) is 133 Å². The zero-order valence-corrected chi connectivity index (χ0v) is 45.1. The topological polar surface area (TPSA) is 531 Å². The van der Waals surface area contributed by atoms with Crippen LogP contribution >= 0.6 is 11.8 Å². The van der Waals surface area contributed by atoms with E-state index in [4.69, 9.17) is 28.0 Å². The molecule has 1 aromatic heterocycles. The number of carboxylic acid groups (broad SMARTS) is 4. The van der Waals surface area contributed by atoms with E-state index in [1.165, 1.54) is 25.6 Å². The number of hydrogen-bond donors (Lipinski definition) is 17. The summed E-state index contributed by atoms with van der Waals surface area (Å²) in [7, 11) is 0. The highest BCUT2D eigenvalue weighted by atomic mass is 32.2. The Morgan fingerprint density at radius 3 is 1.62 bits per heavy atom. The number of nitrogens with two attached hydrogens (primary N) is 4. The van der Waals surface area contributed by atoms with Crippen LogP contribution in [-0.4, -0.2) is 182 Å². The molecule has 32 heteroatoms. The second kappa shape index (κ2) is 34.4. The van der Waals surface area contributed by atoms with E-state index in [9.17, 15) is 77.6 Å². The number of rotatable bonds is 38. The van der Waals surface area contributed by atoms with E-state index < -0.39 is 183 Å². The van der Waals surface area contributed by atoms with Crippen LogP contribution in [0.15, 0.2) is 35.5 Å². The smallest absolute Gasteiger partial charge is 0.326 e. The fourth-order valence-electron chi connectivity index (χ4n) is 7.59. The molecule has 0 unspecified atom stereocenters. The van der Waals surface area contributed by atoms with Gasteiger partial charge in [0.15, 0.2) is 5.96 Å². The van der Waals surface area contributed by atoms with Gasteiger partial charge in [-0.2, -0.15) is 11.8 Å². The second-order valence-corrected chi connectivity index (χ2v) is 19.6. The summed E-state index contributed by atoms with van der Waals surface area (Å²) in [6, 6.07) is -5.09. The summed E-state index contributed by atoms with van der Waals surface area (Å²) in [6.45, 7) is 2.14. The molecule has 2 aromatic rings. The van der Waals surface area contributed by atoms with Crippen molar-refractivity contribution in [2.75, 3.05) is 25.1 Å². The Balaban J connectivity index is 2.29. The van der Waals surface area contributed by atoms with Crippen molar-refractivity contribution < 1.29 is 82.8 Å². The number of hydrogen-bond acceptors (Lipinski definition) is 16. The average molecular weight is 1150 g/mol. The highest BCUT2D eigenvalue weighted by molar-refractivity contribution is 7.98. The molecule has 0 aliphatic rings. The first-order valence-corrected chi connectivity index (χ1v) is 26.4. The van der Waals surface area contributed by atoms with Gasteiger partial charge in [-0.25, -0.2) is 4.79 Å². The van der Waals surface area contributed by atoms with Gasteiger partial charge in [-0.1, -0.05) is 32.0 Å². The van der Waals surface area contributed by atoms with E-state index in [0.29, 0.717) is 0 Å². The van der Waals surface area contributed by atoms with Crippen LogP contribution in [0.3, 0.4) is 0 Å². The van der Waals surface area contributed by atoms with Gasteiger partial charge in [-0.3, -0.25) is 62.5 Å². The molecular weight excluding hydrogens is 1080 g/mol. The molecule has 1 aromatic carbocycles. The number of benzene rings is 1. The molecule has 8 atom stereocenters. The average Bonchev–Trinajstić information content (AvgIpc) is 3.79. The Morgan fingerprint density at radius 1 is 0.600 bits per heavy atom. The Labute approximate surface area is 462 Å². The number of fused-ring (bicyclic) bond motifs is 1. The number of H-pyrrole nitrogens is 1. The zero-order valence-electron chi connectivity index (χ0n) is 44.2. The first-order valence-electron chi connectivity index (χ1n) is 25.0. The summed E-state index contributed by atoms with van der Waals surface area (Å²) in [4.78, 5) is 173. The van der Waals surface area contributed by atoms with Crippen molar-refractivity contribution >= 4 is 106 Å². The summed E-state index contributed by atoms with van der Waals surface area (Å²) in [5.74, 6) is -15.9. The van der Waals surface area contributed by atoms with Gasteiger partial charge in [-0.15, -0.1) is 0 Å². The molecule has 2 rings (SSSR count). The fourth-order valence-corrected chi connectivity index (χ4v) is 8.06. The monoisotopic (exact) mass is 1150 g/mol. The van der Waals surface area contributed by atoms with Crippen molar-refractivity contribution in [1.82, 2.24) is 47.5 Å². The lowest BCUT2D eigenvalue weighted by Gasteiger charge is -2.28. The third-order valence-electron chi connectivity index (χ3n) is 11.8. The van der Waals surface area contributed by atoms with Crippen LogP contribution < -0.4 is 65.5 Å². The number of aliphatic imine (C=N–C) groups is 1. The molecule has 80 heavy (non-hydrogen) atoms. The molecule has 442 valence electrons. The molecule has 21 N–H and O–H groups in total. The Bertz CT molecular complexity index is 2570. The van der Waals surface area contributed by atoms with Crippen LogP contribution in [-0.2, 0) is 68.7 Å². The van der Waals surface area contributed by atoms with Crippen molar-refractivity contribution in [2.24, 2.45) is 33.8 Å². The lowest BCUT2D eigenvalue weighted by molar-refractivity contribution is -0.147. The van der Waals surface area contributed by atoms with E-state index in [2.05, 4.69) is 47.2 Å². The van der Waals surface area contributed by atoms with Gasteiger partial charge in [0, 0.05) is 42.9 Å². The summed E-state index contributed by atoms with van der Waals surface area (Å²) >= 11 is 1.23. The number of primary amides is 1. The van der Waals surface area contributed by atoms with Gasteiger partial charge in [0.1, 0.15) is 42.3 Å². The van der Waals surface area contributed by atoms with Crippen molar-refractivity contribution in [3.63, 3.8) is 0 Å². The number of carbonyl (C=O) groups is 13. The van der Waals surface area contributed by atoms with Gasteiger partial charge in [0.25, 0.3) is 0 Å². The number of aliphatic carboxylic acids is 4. The van der Waals surface area contributed by atoms with E-state index in [1.807, 2.05) is 29.6 Å². The lowest BCUT2D eigenvalue weighted by Crippen LogP contribution is -2.60. The van der Waals surface area contributed by atoms with Crippen molar-refractivity contribution in [3.05, 3.63) is 36.0 Å². The first kappa shape index (κ1) is 67.6. The largest absolute Gasteiger partial charge is 0.481 e. The number of carbonyl (C=O) groups excluding carboxylic acids is 9. The maximum absolute atomic E-state index is 14.0. The minimum atomic E-state index is -1.96. The maximum atomic E-state index is 14.0. The van der Waals surface area contributed by atoms with Gasteiger partial charge in [0.05, 0.1) is 19.0 Å². The number of aromatic nitrogens is 1. The van der Waals surface area contributed by atoms with Gasteiger partial charge >= 0.3 is 23.9 Å². The van der Waals surface area contributed by atoms with Crippen LogP contribution in [0.1, 0.15) is 83.6 Å². The minimum absolute atomic E-state index is 0.0406. The van der Waals surface area contributed by atoms with E-state index in [0.717, 1.165) is 16.5 Å². The van der Waals surface area contributed by atoms with Gasteiger partial charge in [-0.05, 0) is 74.5 Å². The number of nitrogens with zero attached hydrogens (tertiary/aromatic N) is 1. The summed E-state index contributed by atoms with van der Waals surface area (Å²) in [6.07, 6.45) is -1.05. The molecule has 0 radical (unpaired) electrons. The molecule has 0 saturated heterocycles. The number of aromatic amines is 1. The van der Waals surface area contributed by atoms with Crippen LogP contribution in [0.5, 0.6) is 0 Å². The lowest BCUT2D eigenvalue weighted by atomic mass is 10.0. The third-order valence-corrected chi connectivity index (χ3v) is 12.5. The van der Waals surface area contributed by atoms with Gasteiger partial charge in [0.2, 0.25) is 53.2 Å². The first-order chi connectivity index (χ1) is 37.6. The molecular formula is C48H72N14O17S. The molecule has 31 nitrogen and oxygen atoms in total. The molecule has 0 saturated carbocycles. The van der Waals surface area contributed by atoms with Crippen molar-refractivity contribution in [1.29, 1.82) is 0 Å². The number of carboxylic acids is 4. The molecule has 0 bridgehead atoms. The normalized spacial score (nSPS) is 14.0. The van der Waals surface area contributed by atoms with Crippen LogP contribution in [0.25, 0.3) is 10.9 Å². The fraction of sp³-hybridized carbons (Fsp3) is 0.542. The highest BCUT2D eigenvalue weighted by Crippen LogP contribution is 2.19. The minimum Gasteiger partial charge on any atom is -0.481 e. The number of guanidine groups is 1. The summed E-state index contributed by atoms with van der Waals surface area (Å²) < 4.78 is 0. The number of nitrogens with one attached hydrogen (secondary N) is 9. The summed E-state index contributed by atoms with van der Waals surface area (Å²) in [5.41, 5.74) is 24.1. The Kier molecular flexibility index (Phi) is 29.0. The summed E-state index contributed by atoms with van der Waals surface area (Å²) in [5, 5.41) is 56.7. The number of para-hydroxylation sites is 1. The predicted molar refractivity (Wildman–Crippen MR) is 286 cm³/mol. The zero-order chi connectivity index (χ0) is 60.2. The van der Waals surface area contributed by atoms with Gasteiger partial charge < -0.3 is 90.9 Å². The van der Waals surface area contributed by atoms with E-state index in [1.54, 1.807) is 12.5 Å². The molecule has 0 spiro atoms. The molecule has 0 fully saturated rings. The van der Waals surface area contributed by atoms with E-state index in [-0.39, 0.29) is 43.9 Å². The Hall–Kier alpha value is -8.55. The molecule has 1 heterocycles. The molecule has 0 aliphatic heterocycles. The van der Waals surface area contributed by atoms with E-state index >= 15 is 0 Å². The molecule has 9 amide bonds. The molecule has 0 aliphatic carbocycles. The van der Waals surface area contributed by atoms with Crippen LogP contribution in [0.4, 0.5) is 0 Å². The standard InChI is InChI=1S/C48H72N14O17S/c1-23(2)39(62-45(76)30(10-13-34(50)63)58-42(73)28(9-6-17-53-48(51)52)57-40(71)26(49)19-24-21-54-27-8-5-4-7-25(24)27)46(77)60-29(11-14-36(65)66)41(72)55-22-35(64)56-32(16-18-80-3)44(75)59-31(12-15-37(67)68)43(74)61-33(47(78)79)20-38(69)70/h4-5,7-8,21,23,26,28-33,39,54H,6,9-20,22,49H2,1-3H3,(H2,50,63)(H,55,72)(H,56,64)(H,57,71)(H,58,73)(H,59,75)(H,60,77)(H,61,74)(H,62,76)(H,65,66)(H,67,68)(H,69,70)(H,78,79)(H4,51,52,53)/t26-,28-,29-,30-,31-,32-,33-,39-/m0/s1. The number of amides is 9. The van der Waals surface area contributed by atoms with Crippen LogP contribution in [0, 0.1) is 5.92 Å². The second-order valence-electron chi connectivity index (χ2n) is 18.6. The SMILES string of the molecule is CSCC[C@H](NC(=O)CNC(=O)[C@H](CCC(=O)O)NC(=O)[C@@H](NC(=O)[C@H](CCC(N)=O)NC(=O)[C@H](CCCN=C(N)N)NC(=O)[C@@H](N)Cc1c[nH]c2ccccc12)C(C)C)C(=O)N[C@@H](CCC(=O)O)C(=O)N[C@@H](CC(=O)O)C(=O)O. The van der Waals surface area contributed by atoms with Crippen LogP contribution in [0.2, 0.25) is 0 Å². The quantitative estimate of drug-likeness (QED) is 0.0171. The van der Waals surface area contributed by atoms with Crippen molar-refractivity contribution in [3.8, 4) is 0 Å². The predicted octanol–water partition coefficient (Wildman–Crippen LogP) is -4.44. The Morgan fingerprint density at radius 2 is 1.10 bits per heavy atom. The maximum Gasteiger partial charge on any atom is 0.326 e.